The van der Waals surface area contributed by atoms with Gasteiger partial charge in [-0.1, -0.05) is 50.2 Å². The predicted molar refractivity (Wildman–Crippen MR) is 144 cm³/mol. The number of hydrogen-bond donors (Lipinski definition) is 1. The van der Waals surface area contributed by atoms with Gasteiger partial charge in [-0.3, -0.25) is 9.69 Å². The molecule has 1 aromatic heterocycles. The number of rotatable bonds is 11. The molecular weight excluding hydrogens is 448 g/mol. The Morgan fingerprint density at radius 2 is 1.81 bits per heavy atom. The summed E-state index contributed by atoms with van der Waals surface area (Å²) in [7, 11) is 0. The first-order chi connectivity index (χ1) is 17.5. The Labute approximate surface area is 215 Å². The van der Waals surface area contributed by atoms with Gasteiger partial charge < -0.3 is 10.1 Å². The van der Waals surface area contributed by atoms with E-state index in [0.717, 1.165) is 55.9 Å². The molecule has 6 nitrogen and oxygen atoms in total. The van der Waals surface area contributed by atoms with E-state index in [-0.39, 0.29) is 5.91 Å². The van der Waals surface area contributed by atoms with Crippen LogP contribution in [0.4, 0.5) is 0 Å². The van der Waals surface area contributed by atoms with Gasteiger partial charge in [0.1, 0.15) is 5.75 Å². The number of amides is 1. The fourth-order valence-corrected chi connectivity index (χ4v) is 4.99. The third kappa shape index (κ3) is 7.20. The summed E-state index contributed by atoms with van der Waals surface area (Å²) >= 11 is 0. The average molecular weight is 489 g/mol. The van der Waals surface area contributed by atoms with E-state index in [4.69, 9.17) is 9.84 Å². The first-order valence-electron chi connectivity index (χ1n) is 13.3. The molecular formula is C30H40N4O2. The van der Waals surface area contributed by atoms with Crippen molar-refractivity contribution in [3.63, 3.8) is 0 Å². The Morgan fingerprint density at radius 3 is 2.53 bits per heavy atom. The standard InChI is InChI=1S/C30H40N4O2/c1-4-36-29-13-9-8-10-25(29)19-24-14-16-33(17-15-24)22-30(35)31-21-26-20-28(18-23(2)3)34(32-26)27-11-6-5-7-12-27/h5-13,20,23-24H,4,14-19,21-22H2,1-3H3,(H,31,35). The average Bonchev–Trinajstić information content (AvgIpc) is 3.28. The van der Waals surface area contributed by atoms with Crippen LogP contribution >= 0.6 is 0 Å². The van der Waals surface area contributed by atoms with Crippen molar-refractivity contribution in [3.8, 4) is 11.4 Å². The van der Waals surface area contributed by atoms with Gasteiger partial charge in [-0.15, -0.1) is 0 Å². The smallest absolute Gasteiger partial charge is 0.234 e. The fourth-order valence-electron chi connectivity index (χ4n) is 4.99. The number of para-hydroxylation sites is 2. The highest BCUT2D eigenvalue weighted by Crippen LogP contribution is 2.27. The lowest BCUT2D eigenvalue weighted by Gasteiger charge is -2.31. The van der Waals surface area contributed by atoms with Gasteiger partial charge in [0, 0.05) is 5.69 Å². The van der Waals surface area contributed by atoms with Crippen molar-refractivity contribution in [2.45, 2.75) is 53.0 Å². The van der Waals surface area contributed by atoms with Crippen molar-refractivity contribution in [2.24, 2.45) is 11.8 Å². The minimum absolute atomic E-state index is 0.0646. The Morgan fingerprint density at radius 1 is 1.08 bits per heavy atom. The van der Waals surface area contributed by atoms with Crippen molar-refractivity contribution in [1.29, 1.82) is 0 Å². The number of likely N-dealkylation sites (tertiary alicyclic amines) is 1. The zero-order valence-electron chi connectivity index (χ0n) is 22.0. The number of hydrogen-bond acceptors (Lipinski definition) is 4. The maximum Gasteiger partial charge on any atom is 0.234 e. The van der Waals surface area contributed by atoms with Crippen LogP contribution in [0, 0.1) is 11.8 Å². The van der Waals surface area contributed by atoms with Gasteiger partial charge in [0.2, 0.25) is 5.91 Å². The van der Waals surface area contributed by atoms with Crippen molar-refractivity contribution in [3.05, 3.63) is 77.6 Å². The maximum absolute atomic E-state index is 12.7. The third-order valence-corrected chi connectivity index (χ3v) is 6.77. The number of ether oxygens (including phenoxy) is 1. The van der Waals surface area contributed by atoms with Crippen LogP contribution in [0.3, 0.4) is 0 Å². The molecule has 0 spiro atoms. The molecule has 1 fully saturated rings. The number of carbonyl (C=O) groups excluding carboxylic acids is 1. The molecule has 1 amide bonds. The van der Waals surface area contributed by atoms with Crippen molar-refractivity contribution in [2.75, 3.05) is 26.2 Å². The van der Waals surface area contributed by atoms with E-state index in [0.29, 0.717) is 31.5 Å². The highest BCUT2D eigenvalue weighted by molar-refractivity contribution is 5.78. The molecule has 2 aromatic carbocycles. The van der Waals surface area contributed by atoms with Crippen molar-refractivity contribution < 1.29 is 9.53 Å². The molecule has 0 aliphatic carbocycles. The molecule has 6 heteroatoms. The number of aromatic nitrogens is 2. The minimum Gasteiger partial charge on any atom is -0.494 e. The van der Waals surface area contributed by atoms with Gasteiger partial charge in [-0.25, -0.2) is 4.68 Å². The van der Waals surface area contributed by atoms with E-state index in [1.807, 2.05) is 35.9 Å². The summed E-state index contributed by atoms with van der Waals surface area (Å²) in [5.41, 5.74) is 4.42. The van der Waals surface area contributed by atoms with Gasteiger partial charge in [-0.2, -0.15) is 5.10 Å². The van der Waals surface area contributed by atoms with E-state index in [9.17, 15) is 4.79 Å². The van der Waals surface area contributed by atoms with Gasteiger partial charge in [0.05, 0.1) is 31.1 Å². The molecule has 192 valence electrons. The molecule has 0 atom stereocenters. The first kappa shape index (κ1) is 26.0. The fraction of sp³-hybridized carbons (Fsp3) is 0.467. The molecule has 36 heavy (non-hydrogen) atoms. The molecule has 1 aliphatic heterocycles. The molecule has 1 N–H and O–H groups in total. The van der Waals surface area contributed by atoms with E-state index in [1.54, 1.807) is 0 Å². The van der Waals surface area contributed by atoms with Gasteiger partial charge in [0.15, 0.2) is 0 Å². The van der Waals surface area contributed by atoms with Gasteiger partial charge in [0.25, 0.3) is 0 Å². The zero-order chi connectivity index (χ0) is 25.3. The number of piperidine rings is 1. The predicted octanol–water partition coefficient (Wildman–Crippen LogP) is 5.04. The van der Waals surface area contributed by atoms with Crippen LogP contribution in [-0.4, -0.2) is 46.8 Å². The second kappa shape index (κ2) is 12.7. The lowest BCUT2D eigenvalue weighted by Crippen LogP contribution is -2.41. The normalized spacial score (nSPS) is 14.8. The zero-order valence-corrected chi connectivity index (χ0v) is 22.0. The summed E-state index contributed by atoms with van der Waals surface area (Å²) in [6.45, 7) is 9.95. The second-order valence-corrected chi connectivity index (χ2v) is 10.2. The maximum atomic E-state index is 12.7. The lowest BCUT2D eigenvalue weighted by molar-refractivity contribution is -0.122. The van der Waals surface area contributed by atoms with Crippen LogP contribution in [0.15, 0.2) is 60.7 Å². The van der Waals surface area contributed by atoms with E-state index < -0.39 is 0 Å². The number of carbonyl (C=O) groups is 1. The van der Waals surface area contributed by atoms with Gasteiger partial charge >= 0.3 is 0 Å². The van der Waals surface area contributed by atoms with Crippen LogP contribution in [0.1, 0.15) is 50.6 Å². The molecule has 1 aliphatic rings. The van der Waals surface area contributed by atoms with Crippen LogP contribution in [0.5, 0.6) is 5.75 Å². The molecule has 3 aromatic rings. The minimum atomic E-state index is 0.0646. The highest BCUT2D eigenvalue weighted by Gasteiger charge is 2.22. The molecule has 4 rings (SSSR count). The summed E-state index contributed by atoms with van der Waals surface area (Å²) in [6.07, 6.45) is 4.19. The number of nitrogens with zero attached hydrogens (tertiary/aromatic N) is 3. The number of benzene rings is 2. The Kier molecular flexibility index (Phi) is 9.17. The first-order valence-corrected chi connectivity index (χ1v) is 13.3. The Bertz CT molecular complexity index is 1100. The molecule has 0 saturated carbocycles. The van der Waals surface area contributed by atoms with Gasteiger partial charge in [-0.05, 0) is 87.4 Å². The van der Waals surface area contributed by atoms with Crippen LogP contribution in [-0.2, 0) is 24.2 Å². The van der Waals surface area contributed by atoms with Crippen LogP contribution < -0.4 is 10.1 Å². The topological polar surface area (TPSA) is 59.4 Å². The molecule has 0 bridgehead atoms. The Balaban J connectivity index is 1.26. The van der Waals surface area contributed by atoms with E-state index in [1.165, 1.54) is 11.3 Å². The molecule has 2 heterocycles. The quantitative estimate of drug-likeness (QED) is 0.411. The largest absolute Gasteiger partial charge is 0.494 e. The summed E-state index contributed by atoms with van der Waals surface area (Å²) < 4.78 is 7.81. The second-order valence-electron chi connectivity index (χ2n) is 10.2. The van der Waals surface area contributed by atoms with E-state index >= 15 is 0 Å². The molecule has 0 unspecified atom stereocenters. The van der Waals surface area contributed by atoms with Crippen LogP contribution in [0.25, 0.3) is 5.69 Å². The van der Waals surface area contributed by atoms with E-state index in [2.05, 4.69) is 60.5 Å². The Hall–Kier alpha value is -3.12. The summed E-state index contributed by atoms with van der Waals surface area (Å²) in [6, 6.07) is 20.7. The monoisotopic (exact) mass is 488 g/mol. The summed E-state index contributed by atoms with van der Waals surface area (Å²) in [5.74, 6) is 2.23. The summed E-state index contributed by atoms with van der Waals surface area (Å²) in [5, 5.41) is 7.89. The number of nitrogens with one attached hydrogen (secondary N) is 1. The summed E-state index contributed by atoms with van der Waals surface area (Å²) in [4.78, 5) is 15.0. The molecule has 0 radical (unpaired) electrons. The van der Waals surface area contributed by atoms with Crippen LogP contribution in [0.2, 0.25) is 0 Å². The molecule has 1 saturated heterocycles. The van der Waals surface area contributed by atoms with Crippen molar-refractivity contribution in [1.82, 2.24) is 20.0 Å². The lowest BCUT2D eigenvalue weighted by atomic mass is 9.90. The third-order valence-electron chi connectivity index (χ3n) is 6.77. The SMILES string of the molecule is CCOc1ccccc1CC1CCN(CC(=O)NCc2cc(CC(C)C)n(-c3ccccc3)n2)CC1. The highest BCUT2D eigenvalue weighted by atomic mass is 16.5. The van der Waals surface area contributed by atoms with Crippen molar-refractivity contribution >= 4 is 5.91 Å².